The zero-order valence-electron chi connectivity index (χ0n) is 21.9. The Labute approximate surface area is 221 Å². The van der Waals surface area contributed by atoms with E-state index in [9.17, 15) is 0 Å². The summed E-state index contributed by atoms with van der Waals surface area (Å²) >= 11 is 0. The summed E-state index contributed by atoms with van der Waals surface area (Å²) in [6.45, 7) is 26.9. The van der Waals surface area contributed by atoms with Gasteiger partial charge < -0.3 is 4.98 Å². The molecule has 1 aromatic heterocycles. The van der Waals surface area contributed by atoms with E-state index in [1.165, 1.54) is 16.7 Å². The Bertz CT molecular complexity index is 1090. The number of hydrogen-bond donors (Lipinski definition) is 0. The molecule has 1 heterocycles. The molecule has 0 spiro atoms. The number of hydrogen-bond acceptors (Lipinski definition) is 1. The first-order valence-electron chi connectivity index (χ1n) is 11.5. The smallest absolute Gasteiger partial charge is 0.305 e. The number of allylic oxidation sites excluding steroid dienone is 3. The molecule has 0 saturated carbocycles. The van der Waals surface area contributed by atoms with E-state index >= 15 is 0 Å². The molecular weight excluding hydrogens is 591 g/mol. The second-order valence-corrected chi connectivity index (χ2v) is 10.7. The predicted molar refractivity (Wildman–Crippen MR) is 144 cm³/mol. The van der Waals surface area contributed by atoms with Gasteiger partial charge in [0.15, 0.2) is 0 Å². The van der Waals surface area contributed by atoms with Crippen molar-refractivity contribution in [1.29, 1.82) is 0 Å². The molecule has 2 heteroatoms. The zero-order chi connectivity index (χ0) is 24.8. The number of aryl methyl sites for hydroxylation is 2. The Balaban J connectivity index is 0.000000364. The average molecular weight is 629 g/mol. The van der Waals surface area contributed by atoms with Gasteiger partial charge in [-0.25, -0.2) is 24.1 Å². The molecule has 0 radical (unpaired) electrons. The van der Waals surface area contributed by atoms with E-state index < -0.39 is 0 Å². The molecule has 0 N–H and O–H groups in total. The maximum absolute atomic E-state index is 5.95. The van der Waals surface area contributed by atoms with Gasteiger partial charge in [0.05, 0.1) is 0 Å². The Morgan fingerprint density at radius 2 is 1.50 bits per heavy atom. The Morgan fingerprint density at radius 1 is 0.882 bits per heavy atom. The van der Waals surface area contributed by atoms with E-state index in [1.54, 1.807) is 0 Å². The summed E-state index contributed by atoms with van der Waals surface area (Å²) < 4.78 is 0. The van der Waals surface area contributed by atoms with Crippen molar-refractivity contribution in [3.8, 4) is 22.4 Å². The predicted octanol–water partition coefficient (Wildman–Crippen LogP) is 9.03. The van der Waals surface area contributed by atoms with Gasteiger partial charge in [-0.2, -0.15) is 0 Å². The van der Waals surface area contributed by atoms with Gasteiger partial charge in [-0.15, -0.1) is 34.9 Å². The van der Waals surface area contributed by atoms with E-state index in [-0.39, 0.29) is 30.9 Å². The molecule has 0 aliphatic carbocycles. The maximum atomic E-state index is 5.95. The van der Waals surface area contributed by atoms with Crippen molar-refractivity contribution in [3.05, 3.63) is 109 Å². The quantitative estimate of drug-likeness (QED) is 0.208. The average Bonchev–Trinajstić information content (AvgIpc) is 2.73. The van der Waals surface area contributed by atoms with Gasteiger partial charge in [-0.3, -0.25) is 6.58 Å². The standard InChI is InChI=1S/C19H16N.C13H22.Ir/c1-14-10-15(2)12-18(11-14)19-13-17(8-9-20-19)16-6-4-3-5-7-16;1-10(12(3,4)5)9-11(2)13(6,7)8;/h3-11,13H,1-2H3;1,9H,2H2,3-8H3;/q-1;-2;+3. The number of nitrogens with zero attached hydrogens (tertiary/aromatic N) is 1. The van der Waals surface area contributed by atoms with Crippen LogP contribution in [-0.4, -0.2) is 4.98 Å². The fraction of sp³-hybridized carbons (Fsp3) is 0.312. The molecule has 34 heavy (non-hydrogen) atoms. The fourth-order valence-electron chi connectivity index (χ4n) is 3.04. The Hall–Kier alpha value is -2.41. The molecule has 180 valence electrons. The topological polar surface area (TPSA) is 12.9 Å². The SMILES string of the molecule is Cc1[c-]c(-c2cc(-c3ccccc3)ccn2)cc(C)c1.[CH-]=C(C=C([CH2-])C(C)(C)C)C(C)(C)C.[Ir+3]. The van der Waals surface area contributed by atoms with Gasteiger partial charge in [-0.05, 0) is 33.7 Å². The molecule has 0 amide bonds. The van der Waals surface area contributed by atoms with Crippen LogP contribution < -0.4 is 0 Å². The first-order valence-corrected chi connectivity index (χ1v) is 11.5. The molecule has 3 rings (SSSR count). The zero-order valence-corrected chi connectivity index (χ0v) is 24.3. The van der Waals surface area contributed by atoms with Crippen LogP contribution in [0.15, 0.2) is 78.0 Å². The first kappa shape index (κ1) is 29.6. The molecule has 1 nitrogen and oxygen atoms in total. The number of benzene rings is 2. The van der Waals surface area contributed by atoms with Gasteiger partial charge in [0.1, 0.15) is 0 Å². The largest absolute Gasteiger partial charge is 3.00 e. The molecule has 0 fully saturated rings. The van der Waals surface area contributed by atoms with Crippen LogP contribution in [0.25, 0.3) is 22.4 Å². The minimum absolute atomic E-state index is 0. The van der Waals surface area contributed by atoms with E-state index in [4.69, 9.17) is 6.58 Å². The van der Waals surface area contributed by atoms with Crippen molar-refractivity contribution in [1.82, 2.24) is 4.98 Å². The Kier molecular flexibility index (Phi) is 10.7. The molecule has 0 aliphatic rings. The van der Waals surface area contributed by atoms with E-state index in [2.05, 4.69) is 116 Å². The fourth-order valence-corrected chi connectivity index (χ4v) is 3.04. The summed E-state index contributed by atoms with van der Waals surface area (Å²) in [4.78, 5) is 4.49. The van der Waals surface area contributed by atoms with Crippen molar-refractivity contribution >= 4 is 0 Å². The summed E-state index contributed by atoms with van der Waals surface area (Å²) in [6, 6.07) is 22.2. The summed E-state index contributed by atoms with van der Waals surface area (Å²) in [6.07, 6.45) is 3.86. The third-order valence-electron chi connectivity index (χ3n) is 5.45. The summed E-state index contributed by atoms with van der Waals surface area (Å²) in [5.74, 6) is 0. The maximum Gasteiger partial charge on any atom is 3.00 e. The van der Waals surface area contributed by atoms with Crippen LogP contribution >= 0.6 is 0 Å². The molecular formula is C32H38IrN. The van der Waals surface area contributed by atoms with Crippen molar-refractivity contribution < 1.29 is 20.1 Å². The summed E-state index contributed by atoms with van der Waals surface area (Å²) in [5.41, 5.74) is 8.92. The number of aromatic nitrogens is 1. The first-order chi connectivity index (χ1) is 15.3. The van der Waals surface area contributed by atoms with Crippen LogP contribution in [0.3, 0.4) is 0 Å². The van der Waals surface area contributed by atoms with Crippen LogP contribution in [0.1, 0.15) is 52.7 Å². The summed E-state index contributed by atoms with van der Waals surface area (Å²) in [5, 5.41) is 0. The van der Waals surface area contributed by atoms with Gasteiger partial charge in [0.2, 0.25) is 0 Å². The monoisotopic (exact) mass is 629 g/mol. The molecule has 0 atom stereocenters. The number of rotatable bonds is 3. The van der Waals surface area contributed by atoms with Gasteiger partial charge in [0.25, 0.3) is 0 Å². The second kappa shape index (κ2) is 12.3. The van der Waals surface area contributed by atoms with Gasteiger partial charge in [0, 0.05) is 6.20 Å². The van der Waals surface area contributed by atoms with E-state index in [0.29, 0.717) is 0 Å². The van der Waals surface area contributed by atoms with Gasteiger partial charge >= 0.3 is 20.1 Å². The van der Waals surface area contributed by atoms with Crippen molar-refractivity contribution in [2.75, 3.05) is 0 Å². The van der Waals surface area contributed by atoms with Crippen molar-refractivity contribution in [2.24, 2.45) is 10.8 Å². The molecule has 2 aromatic carbocycles. The van der Waals surface area contributed by atoms with E-state index in [1.807, 2.05) is 24.4 Å². The minimum atomic E-state index is 0. The van der Waals surface area contributed by atoms with Crippen molar-refractivity contribution in [2.45, 2.75) is 55.4 Å². The Morgan fingerprint density at radius 3 is 2.03 bits per heavy atom. The third-order valence-corrected chi connectivity index (χ3v) is 5.45. The van der Waals surface area contributed by atoms with E-state index in [0.717, 1.165) is 28.0 Å². The number of pyridine rings is 1. The molecule has 0 bridgehead atoms. The van der Waals surface area contributed by atoms with Crippen LogP contribution in [0.5, 0.6) is 0 Å². The molecule has 3 aromatic rings. The second-order valence-electron chi connectivity index (χ2n) is 10.7. The van der Waals surface area contributed by atoms with Crippen LogP contribution in [0.2, 0.25) is 0 Å². The van der Waals surface area contributed by atoms with Crippen LogP contribution in [0.4, 0.5) is 0 Å². The van der Waals surface area contributed by atoms with Crippen molar-refractivity contribution in [3.63, 3.8) is 0 Å². The van der Waals surface area contributed by atoms with Crippen LogP contribution in [-0.2, 0) is 20.1 Å². The van der Waals surface area contributed by atoms with Gasteiger partial charge in [-0.1, -0.05) is 91.8 Å². The minimum Gasteiger partial charge on any atom is -0.305 e. The molecule has 0 aliphatic heterocycles. The third kappa shape index (κ3) is 9.09. The van der Waals surface area contributed by atoms with Crippen LogP contribution in [0, 0.1) is 44.2 Å². The summed E-state index contributed by atoms with van der Waals surface area (Å²) in [7, 11) is 0. The molecule has 0 saturated heterocycles. The normalized spacial score (nSPS) is 11.7. The molecule has 0 unspecified atom stereocenters.